The first-order chi connectivity index (χ1) is 7.06. The van der Waals surface area contributed by atoms with Crippen LogP contribution in [0, 0.1) is 6.92 Å². The SMILES string of the molecule is CC/C=C(/C(=O)O)c1cc(Br)ccc1C. The maximum Gasteiger partial charge on any atom is 0.335 e. The minimum atomic E-state index is -0.877. The molecule has 3 heteroatoms. The van der Waals surface area contributed by atoms with Gasteiger partial charge in [0.2, 0.25) is 0 Å². The van der Waals surface area contributed by atoms with Gasteiger partial charge in [-0.1, -0.05) is 35.0 Å². The molecule has 0 radical (unpaired) electrons. The lowest BCUT2D eigenvalue weighted by Gasteiger charge is -2.07. The van der Waals surface area contributed by atoms with Crippen molar-refractivity contribution in [3.63, 3.8) is 0 Å². The van der Waals surface area contributed by atoms with Gasteiger partial charge in [0.05, 0.1) is 5.57 Å². The minimum absolute atomic E-state index is 0.372. The van der Waals surface area contributed by atoms with Crippen molar-refractivity contribution < 1.29 is 9.90 Å². The Labute approximate surface area is 97.8 Å². The van der Waals surface area contributed by atoms with Gasteiger partial charge in [0.15, 0.2) is 0 Å². The molecule has 0 saturated heterocycles. The lowest BCUT2D eigenvalue weighted by atomic mass is 10.00. The van der Waals surface area contributed by atoms with E-state index in [-0.39, 0.29) is 0 Å². The van der Waals surface area contributed by atoms with Crippen molar-refractivity contribution in [2.75, 3.05) is 0 Å². The number of halogens is 1. The average Bonchev–Trinajstić information content (AvgIpc) is 2.18. The summed E-state index contributed by atoms with van der Waals surface area (Å²) < 4.78 is 0.895. The van der Waals surface area contributed by atoms with E-state index in [1.165, 1.54) is 0 Å². The molecule has 2 nitrogen and oxygen atoms in total. The smallest absolute Gasteiger partial charge is 0.335 e. The van der Waals surface area contributed by atoms with Crippen molar-refractivity contribution >= 4 is 27.5 Å². The summed E-state index contributed by atoms with van der Waals surface area (Å²) in [6.07, 6.45) is 2.45. The lowest BCUT2D eigenvalue weighted by molar-refractivity contribution is -0.130. The van der Waals surface area contributed by atoms with Crippen molar-refractivity contribution in [1.82, 2.24) is 0 Å². The summed E-state index contributed by atoms with van der Waals surface area (Å²) in [5.41, 5.74) is 2.12. The van der Waals surface area contributed by atoms with Crippen molar-refractivity contribution in [3.05, 3.63) is 39.9 Å². The molecule has 0 spiro atoms. The van der Waals surface area contributed by atoms with Crippen LogP contribution in [-0.4, -0.2) is 11.1 Å². The fourth-order valence-electron chi connectivity index (χ4n) is 1.40. The molecule has 0 aromatic heterocycles. The molecule has 0 aliphatic heterocycles. The van der Waals surface area contributed by atoms with Gasteiger partial charge < -0.3 is 5.11 Å². The predicted molar refractivity (Wildman–Crippen MR) is 64.8 cm³/mol. The maximum atomic E-state index is 11.1. The minimum Gasteiger partial charge on any atom is -0.478 e. The molecule has 15 heavy (non-hydrogen) atoms. The van der Waals surface area contributed by atoms with Crippen LogP contribution in [-0.2, 0) is 4.79 Å². The summed E-state index contributed by atoms with van der Waals surface area (Å²) in [6.45, 7) is 3.84. The highest BCUT2D eigenvalue weighted by Crippen LogP contribution is 2.23. The molecule has 0 heterocycles. The Morgan fingerprint density at radius 1 is 1.53 bits per heavy atom. The molecule has 0 fully saturated rings. The zero-order valence-corrected chi connectivity index (χ0v) is 10.3. The predicted octanol–water partition coefficient (Wildman–Crippen LogP) is 3.64. The van der Waals surface area contributed by atoms with Gasteiger partial charge in [0, 0.05) is 4.47 Å². The van der Waals surface area contributed by atoms with E-state index in [9.17, 15) is 4.79 Å². The highest BCUT2D eigenvalue weighted by molar-refractivity contribution is 9.10. The molecule has 0 aliphatic carbocycles. The second-order valence-corrected chi connectivity index (χ2v) is 4.21. The van der Waals surface area contributed by atoms with E-state index in [1.807, 2.05) is 32.0 Å². The lowest BCUT2D eigenvalue weighted by Crippen LogP contribution is -2.01. The van der Waals surface area contributed by atoms with E-state index in [4.69, 9.17) is 5.11 Å². The number of hydrogen-bond acceptors (Lipinski definition) is 1. The number of benzene rings is 1. The van der Waals surface area contributed by atoms with Crippen molar-refractivity contribution in [2.45, 2.75) is 20.3 Å². The van der Waals surface area contributed by atoms with Crippen LogP contribution in [0.5, 0.6) is 0 Å². The van der Waals surface area contributed by atoms with E-state index in [1.54, 1.807) is 6.08 Å². The standard InChI is InChI=1S/C12H13BrO2/c1-3-4-10(12(14)15)11-7-9(13)6-5-8(11)2/h4-7H,3H2,1-2H3,(H,14,15)/b10-4+. The first-order valence-electron chi connectivity index (χ1n) is 4.76. The Kier molecular flexibility index (Phi) is 4.09. The molecule has 0 bridgehead atoms. The third kappa shape index (κ3) is 2.93. The number of aryl methyl sites for hydroxylation is 1. The summed E-state index contributed by atoms with van der Waals surface area (Å²) in [7, 11) is 0. The maximum absolute atomic E-state index is 11.1. The van der Waals surface area contributed by atoms with Gasteiger partial charge in [0.25, 0.3) is 0 Å². The molecule has 80 valence electrons. The van der Waals surface area contributed by atoms with E-state index in [0.717, 1.165) is 15.6 Å². The summed E-state index contributed by atoms with van der Waals surface area (Å²) in [6, 6.07) is 5.65. The van der Waals surface area contributed by atoms with E-state index in [0.29, 0.717) is 12.0 Å². The Bertz CT molecular complexity index is 408. The molecule has 0 saturated carbocycles. The van der Waals surface area contributed by atoms with Crippen LogP contribution in [0.4, 0.5) is 0 Å². The van der Waals surface area contributed by atoms with Crippen molar-refractivity contribution in [1.29, 1.82) is 0 Å². The fraction of sp³-hybridized carbons (Fsp3) is 0.250. The Hall–Kier alpha value is -1.09. The second kappa shape index (κ2) is 5.12. The Morgan fingerprint density at radius 3 is 2.73 bits per heavy atom. The third-order valence-electron chi connectivity index (χ3n) is 2.13. The van der Waals surface area contributed by atoms with Gasteiger partial charge in [-0.25, -0.2) is 4.79 Å². The van der Waals surface area contributed by atoms with Gasteiger partial charge >= 0.3 is 5.97 Å². The zero-order chi connectivity index (χ0) is 11.4. The Balaban J connectivity index is 3.28. The third-order valence-corrected chi connectivity index (χ3v) is 2.62. The molecule has 1 aromatic carbocycles. The highest BCUT2D eigenvalue weighted by Gasteiger charge is 2.12. The molecule has 0 amide bonds. The summed E-state index contributed by atoms with van der Waals surface area (Å²) in [5, 5.41) is 9.09. The molecule has 1 rings (SSSR count). The number of carboxylic acids is 1. The summed E-state index contributed by atoms with van der Waals surface area (Å²) >= 11 is 3.34. The molecule has 0 aliphatic rings. The first kappa shape index (κ1) is 12.0. The largest absolute Gasteiger partial charge is 0.478 e. The number of carbonyl (C=O) groups is 1. The van der Waals surface area contributed by atoms with Crippen LogP contribution in [0.3, 0.4) is 0 Å². The zero-order valence-electron chi connectivity index (χ0n) is 8.75. The van der Waals surface area contributed by atoms with Gasteiger partial charge in [-0.3, -0.25) is 0 Å². The van der Waals surface area contributed by atoms with Crippen LogP contribution >= 0.6 is 15.9 Å². The highest BCUT2D eigenvalue weighted by atomic mass is 79.9. The van der Waals surface area contributed by atoms with Crippen LogP contribution < -0.4 is 0 Å². The number of hydrogen-bond donors (Lipinski definition) is 1. The van der Waals surface area contributed by atoms with Crippen molar-refractivity contribution in [3.8, 4) is 0 Å². The van der Waals surface area contributed by atoms with Crippen LogP contribution in [0.2, 0.25) is 0 Å². The second-order valence-electron chi connectivity index (χ2n) is 3.29. The van der Waals surface area contributed by atoms with E-state index >= 15 is 0 Å². The van der Waals surface area contributed by atoms with Crippen LogP contribution in [0.25, 0.3) is 5.57 Å². The monoisotopic (exact) mass is 268 g/mol. The summed E-state index contributed by atoms with van der Waals surface area (Å²) in [4.78, 5) is 11.1. The Morgan fingerprint density at radius 2 is 2.20 bits per heavy atom. The number of allylic oxidation sites excluding steroid dienone is 1. The number of rotatable bonds is 3. The fourth-order valence-corrected chi connectivity index (χ4v) is 1.76. The number of aliphatic carboxylic acids is 1. The molecule has 1 aromatic rings. The number of carboxylic acid groups (broad SMARTS) is 1. The topological polar surface area (TPSA) is 37.3 Å². The molecule has 0 unspecified atom stereocenters. The van der Waals surface area contributed by atoms with Gasteiger partial charge in [0.1, 0.15) is 0 Å². The quantitative estimate of drug-likeness (QED) is 0.850. The van der Waals surface area contributed by atoms with E-state index in [2.05, 4.69) is 15.9 Å². The average molecular weight is 269 g/mol. The van der Waals surface area contributed by atoms with Crippen molar-refractivity contribution in [2.24, 2.45) is 0 Å². The first-order valence-corrected chi connectivity index (χ1v) is 5.55. The van der Waals surface area contributed by atoms with Gasteiger partial charge in [-0.2, -0.15) is 0 Å². The molecule has 1 N–H and O–H groups in total. The summed E-state index contributed by atoms with van der Waals surface area (Å²) in [5.74, 6) is -0.877. The molecular weight excluding hydrogens is 256 g/mol. The van der Waals surface area contributed by atoms with Crippen LogP contribution in [0.1, 0.15) is 24.5 Å². The van der Waals surface area contributed by atoms with Gasteiger partial charge in [-0.15, -0.1) is 0 Å². The van der Waals surface area contributed by atoms with E-state index < -0.39 is 5.97 Å². The normalized spacial score (nSPS) is 11.5. The van der Waals surface area contributed by atoms with Gasteiger partial charge in [-0.05, 0) is 36.6 Å². The van der Waals surface area contributed by atoms with Crippen LogP contribution in [0.15, 0.2) is 28.7 Å². The molecular formula is C12H13BrO2. The molecule has 0 atom stereocenters.